The number of nitrogens with one attached hydrogen (secondary N) is 6. The maximum absolute atomic E-state index is 14.4. The van der Waals surface area contributed by atoms with E-state index in [1.54, 1.807) is 0 Å². The Bertz CT molecular complexity index is 1920. The van der Waals surface area contributed by atoms with Gasteiger partial charge in [0.05, 0.1) is 25.0 Å². The number of amides is 5. The summed E-state index contributed by atoms with van der Waals surface area (Å²) in [6.45, 7) is 3.89. The first-order valence-electron chi connectivity index (χ1n) is 20.9. The van der Waals surface area contributed by atoms with Crippen molar-refractivity contribution in [2.75, 3.05) is 50.8 Å². The fraction of sp³-hybridized carbons (Fsp3) is 0.444. The van der Waals surface area contributed by atoms with Crippen molar-refractivity contribution in [3.05, 3.63) is 120 Å². The second-order valence-electron chi connectivity index (χ2n) is 15.9. The van der Waals surface area contributed by atoms with Gasteiger partial charge in [0.15, 0.2) is 0 Å². The largest absolute Gasteiger partial charge is 0.380 e. The van der Waals surface area contributed by atoms with Crippen molar-refractivity contribution in [2.45, 2.75) is 74.8 Å². The highest BCUT2D eigenvalue weighted by Crippen LogP contribution is 2.27. The number of benzene rings is 2. The van der Waals surface area contributed by atoms with E-state index in [-0.39, 0.29) is 44.3 Å². The third kappa shape index (κ3) is 12.0. The van der Waals surface area contributed by atoms with Gasteiger partial charge in [0.1, 0.15) is 18.1 Å². The van der Waals surface area contributed by atoms with Crippen molar-refractivity contribution in [3.63, 3.8) is 0 Å². The van der Waals surface area contributed by atoms with Crippen LogP contribution in [0.25, 0.3) is 0 Å². The molecule has 3 fully saturated rings. The Morgan fingerprint density at radius 3 is 2.15 bits per heavy atom. The molecule has 4 heterocycles. The monoisotopic (exact) mass is 820 g/mol. The molecule has 2 aromatic carbocycles. The molecule has 5 aliphatic rings. The summed E-state index contributed by atoms with van der Waals surface area (Å²) in [4.78, 5) is 74.9. The number of fused-ring (bicyclic) bond motifs is 1. The molecule has 0 bridgehead atoms. The molecular weight excluding hydrogens is 765 g/mol. The van der Waals surface area contributed by atoms with E-state index in [0.717, 1.165) is 72.8 Å². The normalized spacial score (nSPS) is 26.4. The van der Waals surface area contributed by atoms with Crippen LogP contribution in [0.3, 0.4) is 0 Å². The SMILES string of the molecule is O=C(CN1CCC(N2CCSCC2)CC1)NC1CC(=O)NC(CC2=CNC3C=CC=CC=C23)C(=O)N[C@H](Cc2ccccc2)C(=O)N[C@H](Cc2ccccc2)CNC1=O. The van der Waals surface area contributed by atoms with E-state index in [4.69, 9.17) is 0 Å². The van der Waals surface area contributed by atoms with Crippen LogP contribution in [-0.4, -0.2) is 126 Å². The summed E-state index contributed by atoms with van der Waals surface area (Å²) in [5.41, 5.74) is 3.57. The standard InChI is InChI=1S/C45H56N8O5S/c54-41-27-40(50-42(55)30-52-18-16-35(17-19-52)53-20-22-59-23-21-53)43(56)47-29-34(24-31-10-4-1-5-11-31)48-44(57)38(25-32-12-6-2-7-13-32)51-45(58)39(49-41)26-33-28-46-37-15-9-3-8-14-36(33)37/h1-15,28,34-35,37-40,46H,16-27,29-30H2,(H,47,56)(H,48,57)(H,49,54)(H,50,55)(H,51,58)/t34-,37?,38-,39?,40?/m1/s1. The summed E-state index contributed by atoms with van der Waals surface area (Å²) in [5, 5.41) is 18.1. The Kier molecular flexibility index (Phi) is 14.7. The molecule has 312 valence electrons. The van der Waals surface area contributed by atoms with Gasteiger partial charge in [-0.3, -0.25) is 33.8 Å². The molecule has 3 saturated heterocycles. The number of nitrogens with zero attached hydrogens (tertiary/aromatic N) is 2. The maximum atomic E-state index is 14.4. The molecule has 13 nitrogen and oxygen atoms in total. The van der Waals surface area contributed by atoms with E-state index in [1.165, 1.54) is 0 Å². The van der Waals surface area contributed by atoms with Crippen molar-refractivity contribution < 1.29 is 24.0 Å². The Morgan fingerprint density at radius 1 is 0.746 bits per heavy atom. The zero-order valence-electron chi connectivity index (χ0n) is 33.4. The van der Waals surface area contributed by atoms with Gasteiger partial charge in [-0.25, -0.2) is 0 Å². The zero-order valence-corrected chi connectivity index (χ0v) is 34.3. The topological polar surface area (TPSA) is 164 Å². The molecular formula is C45H56N8O5S. The first kappa shape index (κ1) is 42.0. The van der Waals surface area contributed by atoms with E-state index >= 15 is 0 Å². The van der Waals surface area contributed by atoms with E-state index in [1.807, 2.05) is 109 Å². The Balaban J connectivity index is 1.11. The Morgan fingerprint density at radius 2 is 1.42 bits per heavy atom. The first-order chi connectivity index (χ1) is 28.8. The number of rotatable bonds is 10. The molecule has 7 rings (SSSR count). The quantitative estimate of drug-likeness (QED) is 0.210. The lowest BCUT2D eigenvalue weighted by atomic mass is 9.95. The molecule has 0 saturated carbocycles. The number of carbonyl (C=O) groups is 5. The second-order valence-corrected chi connectivity index (χ2v) is 17.1. The number of carbonyl (C=O) groups excluding carboxylic acids is 5. The first-order valence-corrected chi connectivity index (χ1v) is 22.0. The molecule has 59 heavy (non-hydrogen) atoms. The fourth-order valence-corrected chi connectivity index (χ4v) is 9.40. The van der Waals surface area contributed by atoms with Gasteiger partial charge in [-0.05, 0) is 41.5 Å². The van der Waals surface area contributed by atoms with Crippen LogP contribution in [-0.2, 0) is 36.8 Å². The van der Waals surface area contributed by atoms with Gasteiger partial charge in [-0.2, -0.15) is 11.8 Å². The Labute approximate surface area is 350 Å². The molecule has 2 aromatic rings. The highest BCUT2D eigenvalue weighted by Gasteiger charge is 2.34. The minimum absolute atomic E-state index is 0.0327. The summed E-state index contributed by atoms with van der Waals surface area (Å²) >= 11 is 1.99. The lowest BCUT2D eigenvalue weighted by Gasteiger charge is -2.39. The van der Waals surface area contributed by atoms with Crippen molar-refractivity contribution in [2.24, 2.45) is 0 Å². The van der Waals surface area contributed by atoms with Crippen molar-refractivity contribution in [3.8, 4) is 0 Å². The van der Waals surface area contributed by atoms with Gasteiger partial charge in [0.25, 0.3) is 0 Å². The van der Waals surface area contributed by atoms with Crippen LogP contribution in [0, 0.1) is 0 Å². The molecule has 6 N–H and O–H groups in total. The molecule has 4 aliphatic heterocycles. The number of hydrogen-bond donors (Lipinski definition) is 6. The van der Waals surface area contributed by atoms with Gasteiger partial charge < -0.3 is 31.9 Å². The predicted octanol–water partition coefficient (Wildman–Crippen LogP) is 1.74. The highest BCUT2D eigenvalue weighted by atomic mass is 32.2. The average molecular weight is 821 g/mol. The summed E-state index contributed by atoms with van der Waals surface area (Å²) in [7, 11) is 0. The summed E-state index contributed by atoms with van der Waals surface area (Å²) < 4.78 is 0. The van der Waals surface area contributed by atoms with Gasteiger partial charge in [0, 0.05) is 69.3 Å². The molecule has 14 heteroatoms. The van der Waals surface area contributed by atoms with E-state index in [2.05, 4.69) is 41.7 Å². The number of allylic oxidation sites excluding steroid dienone is 4. The van der Waals surface area contributed by atoms with E-state index in [9.17, 15) is 24.0 Å². The Hall–Kier alpha value is -5.18. The van der Waals surface area contributed by atoms with Gasteiger partial charge in [0.2, 0.25) is 29.5 Å². The summed E-state index contributed by atoms with van der Waals surface area (Å²) in [6.07, 6.45) is 13.9. The smallest absolute Gasteiger partial charge is 0.243 e. The minimum atomic E-state index is -1.21. The third-order valence-corrected chi connectivity index (χ3v) is 12.6. The van der Waals surface area contributed by atoms with Crippen LogP contribution in [0.2, 0.25) is 0 Å². The third-order valence-electron chi connectivity index (χ3n) is 11.7. The van der Waals surface area contributed by atoms with Crippen LogP contribution in [0.5, 0.6) is 0 Å². The molecule has 5 atom stereocenters. The molecule has 0 radical (unpaired) electrons. The number of thioether (sulfide) groups is 1. The van der Waals surface area contributed by atoms with Crippen LogP contribution in [0.15, 0.2) is 108 Å². The summed E-state index contributed by atoms with van der Waals surface area (Å²) in [5.74, 6) is -0.124. The van der Waals surface area contributed by atoms with Crippen molar-refractivity contribution in [1.29, 1.82) is 0 Å². The minimum Gasteiger partial charge on any atom is -0.380 e. The summed E-state index contributed by atoms with van der Waals surface area (Å²) in [6, 6.07) is 15.6. The molecule has 1 aliphatic carbocycles. The molecule has 3 unspecified atom stereocenters. The van der Waals surface area contributed by atoms with Crippen LogP contribution >= 0.6 is 11.8 Å². The van der Waals surface area contributed by atoms with Crippen LogP contribution in [0.1, 0.15) is 36.8 Å². The van der Waals surface area contributed by atoms with Crippen molar-refractivity contribution >= 4 is 41.3 Å². The number of hydrogen-bond acceptors (Lipinski definition) is 9. The van der Waals surface area contributed by atoms with Crippen molar-refractivity contribution in [1.82, 2.24) is 41.7 Å². The fourth-order valence-electron chi connectivity index (χ4n) is 8.47. The van der Waals surface area contributed by atoms with E-state index in [0.29, 0.717) is 12.5 Å². The lowest BCUT2D eigenvalue weighted by Crippen LogP contribution is -2.59. The highest BCUT2D eigenvalue weighted by molar-refractivity contribution is 7.99. The van der Waals surface area contributed by atoms with Gasteiger partial charge in [-0.15, -0.1) is 0 Å². The van der Waals surface area contributed by atoms with E-state index < -0.39 is 47.8 Å². The van der Waals surface area contributed by atoms with Crippen LogP contribution in [0.4, 0.5) is 0 Å². The van der Waals surface area contributed by atoms with Gasteiger partial charge >= 0.3 is 0 Å². The predicted molar refractivity (Wildman–Crippen MR) is 230 cm³/mol. The molecule has 0 spiro atoms. The van der Waals surface area contributed by atoms with Gasteiger partial charge in [-0.1, -0.05) is 91.0 Å². The van der Waals surface area contributed by atoms with Crippen LogP contribution < -0.4 is 31.9 Å². The number of likely N-dealkylation sites (tertiary alicyclic amines) is 1. The zero-order chi connectivity index (χ0) is 41.0. The molecule has 0 aromatic heterocycles. The second kappa shape index (κ2) is 20.7. The lowest BCUT2D eigenvalue weighted by molar-refractivity contribution is -0.135. The number of piperidine rings is 1. The maximum Gasteiger partial charge on any atom is 0.243 e. The molecule has 5 amide bonds. The average Bonchev–Trinajstić information content (AvgIpc) is 3.46.